The normalized spacial score (nSPS) is 21.6. The Balaban J connectivity index is 1.43. The third kappa shape index (κ3) is 3.24. The molecule has 2 saturated carbocycles. The van der Waals surface area contributed by atoms with Crippen LogP contribution in [0.1, 0.15) is 70.5 Å². The van der Waals surface area contributed by atoms with Gasteiger partial charge in [0.05, 0.1) is 22.7 Å². The number of aliphatic hydroxyl groups is 1. The molecule has 10 heteroatoms. The minimum atomic E-state index is -0.942. The molecule has 0 bridgehead atoms. The zero-order valence-corrected chi connectivity index (χ0v) is 19.8. The molecule has 184 valence electrons. The van der Waals surface area contributed by atoms with Crippen molar-refractivity contribution < 1.29 is 24.2 Å². The smallest absolute Gasteiger partial charge is 0.296 e. The minimum absolute atomic E-state index is 0.0591. The molecule has 2 aliphatic carbocycles. The van der Waals surface area contributed by atoms with Crippen molar-refractivity contribution in [2.45, 2.75) is 62.8 Å². The predicted octanol–water partition coefficient (Wildman–Crippen LogP) is 2.75. The fraction of sp³-hybridized carbons (Fsp3) is 0.480. The highest BCUT2D eigenvalue weighted by Crippen LogP contribution is 2.49. The molecule has 1 aromatic carbocycles. The number of nitrogens with zero attached hydrogens (tertiary/aromatic N) is 3. The van der Waals surface area contributed by atoms with Crippen molar-refractivity contribution in [1.82, 2.24) is 14.4 Å². The van der Waals surface area contributed by atoms with Crippen LogP contribution in [0, 0.1) is 5.82 Å². The summed E-state index contributed by atoms with van der Waals surface area (Å²) in [7, 11) is 0. The van der Waals surface area contributed by atoms with E-state index >= 15 is 0 Å². The van der Waals surface area contributed by atoms with Gasteiger partial charge in [0, 0.05) is 18.7 Å². The molecule has 8 nitrogen and oxygen atoms in total. The van der Waals surface area contributed by atoms with Crippen LogP contribution in [0.4, 0.5) is 4.39 Å². The first-order valence-corrected chi connectivity index (χ1v) is 12.3. The van der Waals surface area contributed by atoms with E-state index in [1.807, 2.05) is 0 Å². The van der Waals surface area contributed by atoms with E-state index in [-0.39, 0.29) is 48.2 Å². The maximum Gasteiger partial charge on any atom is 0.296 e. The van der Waals surface area contributed by atoms with Crippen LogP contribution in [0.3, 0.4) is 0 Å². The van der Waals surface area contributed by atoms with Crippen LogP contribution in [0.25, 0.3) is 0 Å². The number of amides is 2. The number of β-amino-alcohol motifs (C(OH)–C–C–N with tert-alkyl or cyclic N) is 1. The molecule has 2 aromatic rings. The number of benzene rings is 1. The minimum Gasteiger partial charge on any atom is -0.502 e. The second-order valence-electron chi connectivity index (χ2n) is 10.2. The summed E-state index contributed by atoms with van der Waals surface area (Å²) >= 11 is 5.88. The van der Waals surface area contributed by atoms with Crippen LogP contribution >= 0.6 is 11.6 Å². The van der Waals surface area contributed by atoms with Gasteiger partial charge in [-0.15, -0.1) is 0 Å². The lowest BCUT2D eigenvalue weighted by atomic mass is 9.95. The Morgan fingerprint density at radius 1 is 1.06 bits per heavy atom. The third-order valence-corrected chi connectivity index (χ3v) is 8.28. The standard InChI is InChI=1S/C25H25ClFN3O5/c26-16-11-14(3-4-17(16)27)12-28-10-5-15-18(21(28)32)20(31)23(34)30-19(15)22(33)29(13-24(35)8-9-24)25(30)6-1-2-7-25/h3-4,11,31,35H,1-2,5-10,12-13H2. The van der Waals surface area contributed by atoms with Crippen LogP contribution in [-0.4, -0.2) is 55.1 Å². The molecular formula is C25H25ClFN3O5. The first-order chi connectivity index (χ1) is 16.7. The highest BCUT2D eigenvalue weighted by molar-refractivity contribution is 6.30. The first kappa shape index (κ1) is 22.5. The number of carbonyl (C=O) groups is 2. The lowest BCUT2D eigenvalue weighted by molar-refractivity contribution is 0.00567. The topological polar surface area (TPSA) is 103 Å². The van der Waals surface area contributed by atoms with Gasteiger partial charge >= 0.3 is 0 Å². The van der Waals surface area contributed by atoms with E-state index in [0.717, 1.165) is 12.8 Å². The van der Waals surface area contributed by atoms with Gasteiger partial charge in [0.15, 0.2) is 5.75 Å². The SMILES string of the molecule is O=C1c2c(c3n(c(=O)c2O)C2(CCCC2)N(CC2(O)CC2)C3=O)CCN1Cc1ccc(F)c(Cl)c1. The van der Waals surface area contributed by atoms with Crippen LogP contribution < -0.4 is 5.56 Å². The molecule has 0 radical (unpaired) electrons. The number of rotatable bonds is 4. The van der Waals surface area contributed by atoms with Gasteiger partial charge in [0.1, 0.15) is 17.2 Å². The van der Waals surface area contributed by atoms with Crippen LogP contribution in [0.15, 0.2) is 23.0 Å². The Kier molecular flexibility index (Phi) is 4.86. The Morgan fingerprint density at radius 2 is 1.77 bits per heavy atom. The fourth-order valence-electron chi connectivity index (χ4n) is 6.01. The molecule has 1 aromatic heterocycles. The van der Waals surface area contributed by atoms with Gasteiger partial charge in [0.2, 0.25) is 0 Å². The van der Waals surface area contributed by atoms with Crippen molar-refractivity contribution in [3.05, 3.63) is 61.8 Å². The molecule has 2 aliphatic heterocycles. The highest BCUT2D eigenvalue weighted by atomic mass is 35.5. The number of halogens is 2. The molecule has 0 atom stereocenters. The van der Waals surface area contributed by atoms with E-state index in [4.69, 9.17) is 11.6 Å². The van der Waals surface area contributed by atoms with Gasteiger partial charge in [0.25, 0.3) is 17.4 Å². The summed E-state index contributed by atoms with van der Waals surface area (Å²) in [5, 5.41) is 21.5. The Labute approximate surface area is 205 Å². The lowest BCUT2D eigenvalue weighted by Gasteiger charge is -2.37. The molecule has 3 heterocycles. The predicted molar refractivity (Wildman–Crippen MR) is 124 cm³/mol. The summed E-state index contributed by atoms with van der Waals surface area (Å²) in [6.45, 7) is 0.511. The summed E-state index contributed by atoms with van der Waals surface area (Å²) in [5.74, 6) is -2.14. The maximum atomic E-state index is 13.7. The van der Waals surface area contributed by atoms with Crippen molar-refractivity contribution in [2.75, 3.05) is 13.1 Å². The first-order valence-electron chi connectivity index (χ1n) is 11.9. The van der Waals surface area contributed by atoms with Gasteiger partial charge in [-0.3, -0.25) is 19.0 Å². The summed E-state index contributed by atoms with van der Waals surface area (Å²) in [6.07, 6.45) is 4.23. The average Bonchev–Trinajstić information content (AvgIpc) is 3.27. The maximum absolute atomic E-state index is 13.7. The van der Waals surface area contributed by atoms with Crippen LogP contribution in [-0.2, 0) is 18.6 Å². The summed E-state index contributed by atoms with van der Waals surface area (Å²) in [4.78, 5) is 43.7. The zero-order chi connectivity index (χ0) is 24.7. The zero-order valence-electron chi connectivity index (χ0n) is 19.0. The van der Waals surface area contributed by atoms with Crippen LogP contribution in [0.2, 0.25) is 5.02 Å². The number of carbonyl (C=O) groups excluding carboxylic acids is 2. The number of pyridine rings is 1. The summed E-state index contributed by atoms with van der Waals surface area (Å²) < 4.78 is 14.9. The summed E-state index contributed by atoms with van der Waals surface area (Å²) in [6, 6.07) is 4.18. The van der Waals surface area contributed by atoms with E-state index in [9.17, 15) is 29.0 Å². The molecule has 2 amide bonds. The molecule has 2 N–H and O–H groups in total. The monoisotopic (exact) mass is 501 g/mol. The Bertz CT molecular complexity index is 1350. The fourth-order valence-corrected chi connectivity index (χ4v) is 6.21. The number of aromatic hydroxyl groups is 1. The number of aromatic nitrogens is 1. The van der Waals surface area contributed by atoms with Crippen molar-refractivity contribution in [1.29, 1.82) is 0 Å². The second kappa shape index (κ2) is 7.54. The van der Waals surface area contributed by atoms with Crippen molar-refractivity contribution in [3.63, 3.8) is 0 Å². The number of hydrogen-bond acceptors (Lipinski definition) is 5. The quantitative estimate of drug-likeness (QED) is 0.670. The van der Waals surface area contributed by atoms with E-state index in [2.05, 4.69) is 0 Å². The largest absolute Gasteiger partial charge is 0.502 e. The third-order valence-electron chi connectivity index (χ3n) is 7.99. The second-order valence-corrected chi connectivity index (χ2v) is 10.6. The molecule has 1 spiro atoms. The van der Waals surface area contributed by atoms with E-state index in [0.29, 0.717) is 36.8 Å². The van der Waals surface area contributed by atoms with Gasteiger partial charge in [-0.2, -0.15) is 0 Å². The van der Waals surface area contributed by atoms with Gasteiger partial charge in [-0.25, -0.2) is 4.39 Å². The van der Waals surface area contributed by atoms with Crippen molar-refractivity contribution in [2.24, 2.45) is 0 Å². The highest BCUT2D eigenvalue weighted by Gasteiger charge is 2.57. The Morgan fingerprint density at radius 3 is 2.43 bits per heavy atom. The lowest BCUT2D eigenvalue weighted by Crippen LogP contribution is -2.51. The molecule has 2 fully saturated rings. The van der Waals surface area contributed by atoms with E-state index < -0.39 is 34.3 Å². The molecular weight excluding hydrogens is 477 g/mol. The van der Waals surface area contributed by atoms with Gasteiger partial charge < -0.3 is 20.0 Å². The molecule has 6 rings (SSSR count). The van der Waals surface area contributed by atoms with E-state index in [1.54, 1.807) is 4.90 Å². The molecule has 0 unspecified atom stereocenters. The number of fused-ring (bicyclic) bond motifs is 4. The Hall–Kier alpha value is -2.91. The average molecular weight is 502 g/mol. The van der Waals surface area contributed by atoms with Gasteiger partial charge in [-0.05, 0) is 62.6 Å². The van der Waals surface area contributed by atoms with Gasteiger partial charge in [-0.1, -0.05) is 17.7 Å². The molecule has 4 aliphatic rings. The molecule has 35 heavy (non-hydrogen) atoms. The van der Waals surface area contributed by atoms with Crippen molar-refractivity contribution >= 4 is 23.4 Å². The van der Waals surface area contributed by atoms with Crippen molar-refractivity contribution in [3.8, 4) is 5.75 Å². The molecule has 0 saturated heterocycles. The number of hydrogen-bond donors (Lipinski definition) is 2. The van der Waals surface area contributed by atoms with Crippen LogP contribution in [0.5, 0.6) is 5.75 Å². The van der Waals surface area contributed by atoms with E-state index in [1.165, 1.54) is 27.7 Å². The summed E-state index contributed by atoms with van der Waals surface area (Å²) in [5.41, 5.74) is -1.61.